The summed E-state index contributed by atoms with van der Waals surface area (Å²) in [7, 11) is 0. The molecule has 0 saturated carbocycles. The van der Waals surface area contributed by atoms with E-state index in [0.717, 1.165) is 10.3 Å². The number of nitrogens with zero attached hydrogens (tertiary/aromatic N) is 1. The summed E-state index contributed by atoms with van der Waals surface area (Å²) in [6, 6.07) is 3.77. The lowest BCUT2D eigenvalue weighted by atomic mass is 10.3. The van der Waals surface area contributed by atoms with E-state index in [1.807, 2.05) is 19.1 Å². The number of aliphatic hydroxyl groups excluding tert-OH is 1. The Bertz CT molecular complexity index is 255. The zero-order valence-electron chi connectivity index (χ0n) is 6.79. The molecule has 0 spiro atoms. The molecule has 1 heterocycles. The second kappa shape index (κ2) is 4.42. The van der Waals surface area contributed by atoms with E-state index >= 15 is 0 Å². The Balaban J connectivity index is 2.69. The Morgan fingerprint density at radius 3 is 3.08 bits per heavy atom. The molecule has 0 amide bonds. The van der Waals surface area contributed by atoms with Gasteiger partial charge in [0.05, 0.1) is 11.1 Å². The number of pyridine rings is 1. The Morgan fingerprint density at radius 1 is 1.75 bits per heavy atom. The normalized spacial score (nSPS) is 12.6. The summed E-state index contributed by atoms with van der Waals surface area (Å²) < 4.78 is 0.908. The standard InChI is InChI=1S/C8H11BrN2O/c1-6(5-12)11-8-7(9)3-2-4-10-8/h2-4,6,12H,5H2,1H3,(H,10,11)/t6-/m1/s1. The van der Waals surface area contributed by atoms with Crippen molar-refractivity contribution < 1.29 is 5.11 Å². The van der Waals surface area contributed by atoms with Crippen LogP contribution in [-0.2, 0) is 0 Å². The molecule has 1 aromatic heterocycles. The van der Waals surface area contributed by atoms with E-state index in [-0.39, 0.29) is 12.6 Å². The van der Waals surface area contributed by atoms with Crippen molar-refractivity contribution in [2.24, 2.45) is 0 Å². The van der Waals surface area contributed by atoms with Gasteiger partial charge in [0.15, 0.2) is 0 Å². The summed E-state index contributed by atoms with van der Waals surface area (Å²) in [6.45, 7) is 1.99. The van der Waals surface area contributed by atoms with Gasteiger partial charge in [0.2, 0.25) is 0 Å². The van der Waals surface area contributed by atoms with Crippen molar-refractivity contribution in [2.75, 3.05) is 11.9 Å². The number of aliphatic hydroxyl groups is 1. The van der Waals surface area contributed by atoms with Crippen LogP contribution in [0.1, 0.15) is 6.92 Å². The van der Waals surface area contributed by atoms with Gasteiger partial charge in [0.1, 0.15) is 5.82 Å². The van der Waals surface area contributed by atoms with Crippen molar-refractivity contribution in [3.63, 3.8) is 0 Å². The molecule has 0 aliphatic rings. The predicted molar refractivity (Wildman–Crippen MR) is 52.1 cm³/mol. The summed E-state index contributed by atoms with van der Waals surface area (Å²) in [5, 5.41) is 11.8. The third-order valence-corrected chi connectivity index (χ3v) is 2.06. The van der Waals surface area contributed by atoms with Gasteiger partial charge in [0.25, 0.3) is 0 Å². The summed E-state index contributed by atoms with van der Waals surface area (Å²) in [5.41, 5.74) is 0. The molecule has 0 aliphatic carbocycles. The maximum absolute atomic E-state index is 8.78. The van der Waals surface area contributed by atoms with E-state index < -0.39 is 0 Å². The molecule has 0 fully saturated rings. The third kappa shape index (κ3) is 2.46. The van der Waals surface area contributed by atoms with Crippen LogP contribution in [-0.4, -0.2) is 22.7 Å². The van der Waals surface area contributed by atoms with E-state index in [0.29, 0.717) is 0 Å². The molecule has 0 aliphatic heterocycles. The zero-order chi connectivity index (χ0) is 8.97. The van der Waals surface area contributed by atoms with Gasteiger partial charge in [0, 0.05) is 12.2 Å². The van der Waals surface area contributed by atoms with Crippen LogP contribution in [0.5, 0.6) is 0 Å². The van der Waals surface area contributed by atoms with Gasteiger partial charge in [-0.2, -0.15) is 0 Å². The maximum Gasteiger partial charge on any atom is 0.140 e. The average Bonchev–Trinajstić information content (AvgIpc) is 2.09. The summed E-state index contributed by atoms with van der Waals surface area (Å²) >= 11 is 3.35. The van der Waals surface area contributed by atoms with E-state index in [1.54, 1.807) is 6.20 Å². The van der Waals surface area contributed by atoms with Crippen molar-refractivity contribution in [2.45, 2.75) is 13.0 Å². The number of hydrogen-bond acceptors (Lipinski definition) is 3. The second-order valence-electron chi connectivity index (χ2n) is 2.56. The van der Waals surface area contributed by atoms with Crippen molar-refractivity contribution >= 4 is 21.7 Å². The number of nitrogens with one attached hydrogen (secondary N) is 1. The number of hydrogen-bond donors (Lipinski definition) is 2. The van der Waals surface area contributed by atoms with Crippen LogP contribution in [0, 0.1) is 0 Å². The Morgan fingerprint density at radius 2 is 2.50 bits per heavy atom. The van der Waals surface area contributed by atoms with Gasteiger partial charge < -0.3 is 10.4 Å². The molecule has 0 aromatic carbocycles. The topological polar surface area (TPSA) is 45.1 Å². The van der Waals surface area contributed by atoms with Crippen molar-refractivity contribution in [3.8, 4) is 0 Å². The minimum Gasteiger partial charge on any atom is -0.394 e. The van der Waals surface area contributed by atoms with Crippen LogP contribution in [0.15, 0.2) is 22.8 Å². The Hall–Kier alpha value is -0.610. The van der Waals surface area contributed by atoms with Gasteiger partial charge in [-0.3, -0.25) is 0 Å². The fourth-order valence-electron chi connectivity index (χ4n) is 0.771. The number of halogens is 1. The molecule has 66 valence electrons. The zero-order valence-corrected chi connectivity index (χ0v) is 8.37. The van der Waals surface area contributed by atoms with E-state index in [4.69, 9.17) is 5.11 Å². The van der Waals surface area contributed by atoms with Gasteiger partial charge in [-0.1, -0.05) is 0 Å². The minimum absolute atomic E-state index is 0.0243. The molecule has 1 aromatic rings. The molecule has 1 rings (SSSR count). The number of anilines is 1. The molecular formula is C8H11BrN2O. The monoisotopic (exact) mass is 230 g/mol. The molecule has 0 radical (unpaired) electrons. The first-order valence-electron chi connectivity index (χ1n) is 3.72. The first-order chi connectivity index (χ1) is 5.74. The molecular weight excluding hydrogens is 220 g/mol. The Labute approximate surface area is 80.0 Å². The largest absolute Gasteiger partial charge is 0.394 e. The van der Waals surface area contributed by atoms with Gasteiger partial charge in [-0.15, -0.1) is 0 Å². The quantitative estimate of drug-likeness (QED) is 0.831. The van der Waals surface area contributed by atoms with Crippen molar-refractivity contribution in [1.29, 1.82) is 0 Å². The lowest BCUT2D eigenvalue weighted by Gasteiger charge is -2.11. The summed E-state index contributed by atoms with van der Waals surface area (Å²) in [5.74, 6) is 0.763. The average molecular weight is 231 g/mol. The highest BCUT2D eigenvalue weighted by molar-refractivity contribution is 9.10. The summed E-state index contributed by atoms with van der Waals surface area (Å²) in [4.78, 5) is 4.10. The van der Waals surface area contributed by atoms with E-state index in [2.05, 4.69) is 26.2 Å². The predicted octanol–water partition coefficient (Wildman–Crippen LogP) is 1.64. The maximum atomic E-state index is 8.78. The Kier molecular flexibility index (Phi) is 3.49. The first-order valence-corrected chi connectivity index (χ1v) is 4.51. The molecule has 4 heteroatoms. The molecule has 0 unspecified atom stereocenters. The number of aromatic nitrogens is 1. The van der Waals surface area contributed by atoms with Crippen LogP contribution in [0.3, 0.4) is 0 Å². The molecule has 12 heavy (non-hydrogen) atoms. The van der Waals surface area contributed by atoms with Crippen molar-refractivity contribution in [3.05, 3.63) is 22.8 Å². The minimum atomic E-state index is 0.0243. The molecule has 0 saturated heterocycles. The molecule has 3 nitrogen and oxygen atoms in total. The van der Waals surface area contributed by atoms with Crippen LogP contribution in [0.25, 0.3) is 0 Å². The lowest BCUT2D eigenvalue weighted by molar-refractivity contribution is 0.281. The molecule has 2 N–H and O–H groups in total. The van der Waals surface area contributed by atoms with Crippen LogP contribution in [0.2, 0.25) is 0 Å². The highest BCUT2D eigenvalue weighted by atomic mass is 79.9. The highest BCUT2D eigenvalue weighted by Crippen LogP contribution is 2.18. The van der Waals surface area contributed by atoms with Crippen LogP contribution >= 0.6 is 15.9 Å². The van der Waals surface area contributed by atoms with Gasteiger partial charge in [-0.05, 0) is 35.0 Å². The fourth-order valence-corrected chi connectivity index (χ4v) is 1.14. The van der Waals surface area contributed by atoms with Crippen molar-refractivity contribution in [1.82, 2.24) is 4.98 Å². The third-order valence-electron chi connectivity index (χ3n) is 1.42. The second-order valence-corrected chi connectivity index (χ2v) is 3.42. The van der Waals surface area contributed by atoms with Gasteiger partial charge >= 0.3 is 0 Å². The lowest BCUT2D eigenvalue weighted by Crippen LogP contribution is -2.20. The van der Waals surface area contributed by atoms with E-state index in [9.17, 15) is 0 Å². The highest BCUT2D eigenvalue weighted by Gasteiger charge is 2.03. The SMILES string of the molecule is C[C@H](CO)Nc1ncccc1Br. The first kappa shape index (κ1) is 9.48. The van der Waals surface area contributed by atoms with Crippen LogP contribution in [0.4, 0.5) is 5.82 Å². The number of rotatable bonds is 3. The van der Waals surface area contributed by atoms with Gasteiger partial charge in [-0.25, -0.2) is 4.98 Å². The summed E-state index contributed by atoms with van der Waals surface area (Å²) in [6.07, 6.45) is 1.71. The van der Waals surface area contributed by atoms with E-state index in [1.165, 1.54) is 0 Å². The fraction of sp³-hybridized carbons (Fsp3) is 0.375. The molecule has 1 atom stereocenters. The smallest absolute Gasteiger partial charge is 0.140 e. The molecule has 0 bridgehead atoms. The van der Waals surface area contributed by atoms with Crippen LogP contribution < -0.4 is 5.32 Å².